The summed E-state index contributed by atoms with van der Waals surface area (Å²) in [4.78, 5) is 10.9. The number of ether oxygens (including phenoxy) is 2. The van der Waals surface area contributed by atoms with Crippen molar-refractivity contribution in [2.75, 3.05) is 0 Å². The molecule has 0 saturated carbocycles. The van der Waals surface area contributed by atoms with Gasteiger partial charge < -0.3 is 9.47 Å². The normalized spacial score (nSPS) is 22.9. The fourth-order valence-electron chi connectivity index (χ4n) is 2.86. The maximum absolute atomic E-state index is 5.79. The smallest absolute Gasteiger partial charge is 0.231 e. The van der Waals surface area contributed by atoms with E-state index in [9.17, 15) is 0 Å². The monoisotopic (exact) mass is 298 g/mol. The summed E-state index contributed by atoms with van der Waals surface area (Å²) in [6, 6.07) is 16.0. The molecule has 114 valence electrons. The molecular formula is C18H18O4. The molecule has 0 spiro atoms. The second kappa shape index (κ2) is 5.99. The van der Waals surface area contributed by atoms with Crippen LogP contribution in [0.15, 0.2) is 48.5 Å². The van der Waals surface area contributed by atoms with Gasteiger partial charge in [-0.1, -0.05) is 36.4 Å². The zero-order valence-electron chi connectivity index (χ0n) is 12.2. The van der Waals surface area contributed by atoms with Crippen LogP contribution in [0.2, 0.25) is 0 Å². The third-order valence-electron chi connectivity index (χ3n) is 4.03. The van der Waals surface area contributed by atoms with Crippen molar-refractivity contribution in [2.24, 2.45) is 0 Å². The van der Waals surface area contributed by atoms with Crippen molar-refractivity contribution in [3.05, 3.63) is 59.7 Å². The second-order valence-corrected chi connectivity index (χ2v) is 5.58. The fraction of sp³-hybridized carbons (Fsp3) is 0.333. The van der Waals surface area contributed by atoms with E-state index in [-0.39, 0.29) is 12.6 Å². The highest BCUT2D eigenvalue weighted by Gasteiger charge is 2.25. The Labute approximate surface area is 129 Å². The molecular weight excluding hydrogens is 280 g/mol. The lowest BCUT2D eigenvalue weighted by atomic mass is 10.1. The second-order valence-electron chi connectivity index (χ2n) is 5.58. The van der Waals surface area contributed by atoms with Crippen molar-refractivity contribution < 1.29 is 19.2 Å². The van der Waals surface area contributed by atoms with Crippen LogP contribution in [0.4, 0.5) is 0 Å². The highest BCUT2D eigenvalue weighted by Crippen LogP contribution is 2.30. The van der Waals surface area contributed by atoms with Crippen LogP contribution in [0, 0.1) is 0 Å². The van der Waals surface area contributed by atoms with E-state index in [1.807, 2.05) is 36.4 Å². The Kier molecular flexibility index (Phi) is 3.70. The summed E-state index contributed by atoms with van der Waals surface area (Å²) in [6.07, 6.45) is 2.66. The van der Waals surface area contributed by atoms with Gasteiger partial charge in [0.05, 0.1) is 0 Å². The molecule has 0 N–H and O–H groups in total. The topological polar surface area (TPSA) is 36.9 Å². The van der Waals surface area contributed by atoms with Crippen molar-refractivity contribution in [1.82, 2.24) is 0 Å². The Balaban J connectivity index is 1.33. The summed E-state index contributed by atoms with van der Waals surface area (Å²) in [5, 5.41) is 0. The zero-order valence-corrected chi connectivity index (χ0v) is 12.2. The molecule has 0 radical (unpaired) electrons. The lowest BCUT2D eigenvalue weighted by Crippen LogP contribution is -2.31. The van der Waals surface area contributed by atoms with Gasteiger partial charge in [-0.15, -0.1) is 0 Å². The molecule has 22 heavy (non-hydrogen) atoms. The van der Waals surface area contributed by atoms with Gasteiger partial charge in [-0.05, 0) is 36.1 Å². The Morgan fingerprint density at radius 2 is 1.14 bits per heavy atom. The van der Waals surface area contributed by atoms with Gasteiger partial charge in [0, 0.05) is 12.8 Å². The van der Waals surface area contributed by atoms with Crippen LogP contribution in [-0.4, -0.2) is 12.6 Å². The van der Waals surface area contributed by atoms with Gasteiger partial charge in [0.1, 0.15) is 11.5 Å². The maximum atomic E-state index is 5.79. The number of hydrogen-bond donors (Lipinski definition) is 0. The van der Waals surface area contributed by atoms with E-state index in [1.54, 1.807) is 0 Å². The van der Waals surface area contributed by atoms with Crippen molar-refractivity contribution in [2.45, 2.75) is 38.3 Å². The zero-order chi connectivity index (χ0) is 14.8. The number of fused-ring (bicyclic) bond motifs is 2. The minimum atomic E-state index is -0.379. The molecule has 0 aromatic heterocycles. The molecule has 2 aliphatic rings. The van der Waals surface area contributed by atoms with Gasteiger partial charge in [0.2, 0.25) is 12.6 Å². The Bertz CT molecular complexity index is 598. The van der Waals surface area contributed by atoms with E-state index in [0.717, 1.165) is 37.2 Å². The first kappa shape index (κ1) is 13.6. The van der Waals surface area contributed by atoms with Crippen LogP contribution in [-0.2, 0) is 22.6 Å². The van der Waals surface area contributed by atoms with Gasteiger partial charge in [-0.25, -0.2) is 0 Å². The van der Waals surface area contributed by atoms with Crippen LogP contribution in [0.5, 0.6) is 11.5 Å². The van der Waals surface area contributed by atoms with Crippen molar-refractivity contribution in [1.29, 1.82) is 0 Å². The first-order valence-electron chi connectivity index (χ1n) is 7.70. The number of aryl methyl sites for hydroxylation is 2. The number of hydrogen-bond acceptors (Lipinski definition) is 4. The average Bonchev–Trinajstić information content (AvgIpc) is 2.59. The SMILES string of the molecule is c1ccc2c(c1)CCC(OOC1CCc3ccccc3O1)O2. The van der Waals surface area contributed by atoms with E-state index in [2.05, 4.69) is 12.1 Å². The summed E-state index contributed by atoms with van der Waals surface area (Å²) in [5.74, 6) is 1.74. The summed E-state index contributed by atoms with van der Waals surface area (Å²) in [7, 11) is 0. The lowest BCUT2D eigenvalue weighted by Gasteiger charge is -2.28. The summed E-state index contributed by atoms with van der Waals surface area (Å²) in [5.41, 5.74) is 2.43. The molecule has 2 aliphatic heterocycles. The van der Waals surface area contributed by atoms with Crippen LogP contribution in [0.1, 0.15) is 24.0 Å². The molecule has 0 saturated heterocycles. The third-order valence-corrected chi connectivity index (χ3v) is 4.03. The molecule has 4 nitrogen and oxygen atoms in total. The Morgan fingerprint density at radius 3 is 1.64 bits per heavy atom. The van der Waals surface area contributed by atoms with Gasteiger partial charge >= 0.3 is 0 Å². The largest absolute Gasteiger partial charge is 0.462 e. The molecule has 2 aromatic rings. The molecule has 2 heterocycles. The number of rotatable bonds is 3. The third kappa shape index (κ3) is 2.80. The standard InChI is InChI=1S/C18H18O4/c1-3-7-15-13(5-1)9-11-17(19-15)21-22-18-12-10-14-6-2-4-8-16(14)20-18/h1-8,17-18H,9-12H2. The van der Waals surface area contributed by atoms with Gasteiger partial charge in [-0.3, -0.25) is 0 Å². The molecule has 2 atom stereocenters. The summed E-state index contributed by atoms with van der Waals surface area (Å²) < 4.78 is 11.6. The van der Waals surface area contributed by atoms with E-state index in [1.165, 1.54) is 11.1 Å². The van der Waals surface area contributed by atoms with Gasteiger partial charge in [0.15, 0.2) is 0 Å². The van der Waals surface area contributed by atoms with E-state index in [4.69, 9.17) is 19.2 Å². The highest BCUT2D eigenvalue weighted by molar-refractivity contribution is 5.35. The quantitative estimate of drug-likeness (QED) is 0.640. The van der Waals surface area contributed by atoms with E-state index < -0.39 is 0 Å². The molecule has 0 aliphatic carbocycles. The minimum absolute atomic E-state index is 0.379. The molecule has 0 amide bonds. The van der Waals surface area contributed by atoms with Crippen molar-refractivity contribution >= 4 is 0 Å². The first-order valence-corrected chi connectivity index (χ1v) is 7.70. The van der Waals surface area contributed by atoms with Crippen LogP contribution in [0.3, 0.4) is 0 Å². The maximum Gasteiger partial charge on any atom is 0.231 e. The Morgan fingerprint density at radius 1 is 0.682 bits per heavy atom. The molecule has 4 heteroatoms. The van der Waals surface area contributed by atoms with Crippen molar-refractivity contribution in [3.8, 4) is 11.5 Å². The Hall–Kier alpha value is -2.04. The fourth-order valence-corrected chi connectivity index (χ4v) is 2.86. The van der Waals surface area contributed by atoms with Crippen LogP contribution in [0.25, 0.3) is 0 Å². The lowest BCUT2D eigenvalue weighted by molar-refractivity contribution is -0.415. The highest BCUT2D eigenvalue weighted by atomic mass is 17.2. The van der Waals surface area contributed by atoms with Crippen LogP contribution < -0.4 is 9.47 Å². The molecule has 0 fully saturated rings. The number of para-hydroxylation sites is 2. The molecule has 2 unspecified atom stereocenters. The van der Waals surface area contributed by atoms with E-state index in [0.29, 0.717) is 0 Å². The molecule has 4 rings (SSSR count). The van der Waals surface area contributed by atoms with Crippen molar-refractivity contribution in [3.63, 3.8) is 0 Å². The average molecular weight is 298 g/mol. The minimum Gasteiger partial charge on any atom is -0.462 e. The van der Waals surface area contributed by atoms with Gasteiger partial charge in [-0.2, -0.15) is 9.78 Å². The number of benzene rings is 2. The predicted octanol–water partition coefficient (Wildman–Crippen LogP) is 3.64. The molecule has 2 aromatic carbocycles. The first-order chi connectivity index (χ1) is 10.9. The summed E-state index contributed by atoms with van der Waals surface area (Å²) >= 11 is 0. The predicted molar refractivity (Wildman–Crippen MR) is 80.5 cm³/mol. The van der Waals surface area contributed by atoms with Gasteiger partial charge in [0.25, 0.3) is 0 Å². The molecule has 0 bridgehead atoms. The van der Waals surface area contributed by atoms with E-state index >= 15 is 0 Å². The summed E-state index contributed by atoms with van der Waals surface area (Å²) in [6.45, 7) is 0. The van der Waals surface area contributed by atoms with Crippen LogP contribution >= 0.6 is 0 Å².